The van der Waals surface area contributed by atoms with E-state index in [0.29, 0.717) is 0 Å². The number of benzene rings is 1. The normalized spacial score (nSPS) is 13.1. The highest BCUT2D eigenvalue weighted by molar-refractivity contribution is 5.54. The SMILES string of the molecule is CC/C(=C/c1cccc(C(F)F)c1)CNC(C)(C)C. The second-order valence-electron chi connectivity index (χ2n) is 5.73. The van der Waals surface area contributed by atoms with Gasteiger partial charge >= 0.3 is 0 Å². The van der Waals surface area contributed by atoms with E-state index in [0.717, 1.165) is 18.5 Å². The van der Waals surface area contributed by atoms with E-state index in [1.165, 1.54) is 11.6 Å². The summed E-state index contributed by atoms with van der Waals surface area (Å²) in [6, 6.07) is 6.55. The van der Waals surface area contributed by atoms with Crippen molar-refractivity contribution in [1.82, 2.24) is 5.32 Å². The maximum atomic E-state index is 12.6. The summed E-state index contributed by atoms with van der Waals surface area (Å²) >= 11 is 0. The lowest BCUT2D eigenvalue weighted by Gasteiger charge is -2.21. The minimum Gasteiger partial charge on any atom is -0.308 e. The van der Waals surface area contributed by atoms with Gasteiger partial charge in [0.15, 0.2) is 0 Å². The van der Waals surface area contributed by atoms with Gasteiger partial charge in [0.2, 0.25) is 0 Å². The third-order valence-corrected chi connectivity index (χ3v) is 2.83. The Morgan fingerprint density at radius 1 is 1.32 bits per heavy atom. The quantitative estimate of drug-likeness (QED) is 0.807. The second-order valence-corrected chi connectivity index (χ2v) is 5.73. The van der Waals surface area contributed by atoms with Crippen LogP contribution in [0.3, 0.4) is 0 Å². The molecule has 0 saturated carbocycles. The van der Waals surface area contributed by atoms with Gasteiger partial charge in [-0.15, -0.1) is 0 Å². The molecule has 0 spiro atoms. The summed E-state index contributed by atoms with van der Waals surface area (Å²) in [4.78, 5) is 0. The first kappa shape index (κ1) is 15.8. The Hall–Kier alpha value is -1.22. The van der Waals surface area contributed by atoms with E-state index < -0.39 is 6.43 Å². The fourth-order valence-electron chi connectivity index (χ4n) is 1.68. The fraction of sp³-hybridized carbons (Fsp3) is 0.500. The van der Waals surface area contributed by atoms with Crippen molar-refractivity contribution >= 4 is 6.08 Å². The van der Waals surface area contributed by atoms with E-state index in [2.05, 4.69) is 33.0 Å². The summed E-state index contributed by atoms with van der Waals surface area (Å²) in [6.07, 6.45) is 0.484. The highest BCUT2D eigenvalue weighted by Crippen LogP contribution is 2.21. The van der Waals surface area contributed by atoms with Gasteiger partial charge in [0.05, 0.1) is 0 Å². The largest absolute Gasteiger partial charge is 0.308 e. The van der Waals surface area contributed by atoms with E-state index in [1.807, 2.05) is 12.1 Å². The van der Waals surface area contributed by atoms with E-state index >= 15 is 0 Å². The Kier molecular flexibility index (Phi) is 5.67. The van der Waals surface area contributed by atoms with Crippen molar-refractivity contribution < 1.29 is 8.78 Å². The molecule has 0 amide bonds. The molecule has 1 aromatic rings. The van der Waals surface area contributed by atoms with Crippen molar-refractivity contribution in [3.63, 3.8) is 0 Å². The van der Waals surface area contributed by atoms with E-state index in [1.54, 1.807) is 12.1 Å². The smallest absolute Gasteiger partial charge is 0.263 e. The molecule has 1 aromatic carbocycles. The molecule has 1 rings (SSSR count). The zero-order valence-electron chi connectivity index (χ0n) is 12.1. The van der Waals surface area contributed by atoms with Crippen LogP contribution in [0.1, 0.15) is 51.7 Å². The Morgan fingerprint density at radius 2 is 2.00 bits per heavy atom. The zero-order valence-corrected chi connectivity index (χ0v) is 12.1. The summed E-state index contributed by atoms with van der Waals surface area (Å²) in [7, 11) is 0. The molecule has 1 nitrogen and oxygen atoms in total. The predicted molar refractivity (Wildman–Crippen MR) is 77.4 cm³/mol. The van der Waals surface area contributed by atoms with Crippen LogP contribution in [-0.2, 0) is 0 Å². The van der Waals surface area contributed by atoms with Gasteiger partial charge in [-0.1, -0.05) is 36.8 Å². The molecule has 19 heavy (non-hydrogen) atoms. The number of hydrogen-bond acceptors (Lipinski definition) is 1. The standard InChI is InChI=1S/C16H23F2N/c1-5-12(11-19-16(2,3)4)9-13-7-6-8-14(10-13)15(17)18/h6-10,15,19H,5,11H2,1-4H3/b12-9-. The maximum Gasteiger partial charge on any atom is 0.263 e. The number of alkyl halides is 2. The van der Waals surface area contributed by atoms with Crippen molar-refractivity contribution in [1.29, 1.82) is 0 Å². The van der Waals surface area contributed by atoms with Crippen molar-refractivity contribution in [2.24, 2.45) is 0 Å². The van der Waals surface area contributed by atoms with E-state index in [-0.39, 0.29) is 11.1 Å². The van der Waals surface area contributed by atoms with Crippen LogP contribution in [-0.4, -0.2) is 12.1 Å². The topological polar surface area (TPSA) is 12.0 Å². The molecule has 0 aliphatic rings. The monoisotopic (exact) mass is 267 g/mol. The van der Waals surface area contributed by atoms with Crippen LogP contribution >= 0.6 is 0 Å². The zero-order chi connectivity index (χ0) is 14.5. The number of nitrogens with one attached hydrogen (secondary N) is 1. The third kappa shape index (κ3) is 5.97. The van der Waals surface area contributed by atoms with Crippen LogP contribution in [0.4, 0.5) is 8.78 Å². The van der Waals surface area contributed by atoms with Gasteiger partial charge in [0, 0.05) is 17.6 Å². The molecule has 106 valence electrons. The van der Waals surface area contributed by atoms with Crippen LogP contribution < -0.4 is 5.32 Å². The lowest BCUT2D eigenvalue weighted by atomic mass is 10.0. The van der Waals surface area contributed by atoms with Crippen molar-refractivity contribution in [3.8, 4) is 0 Å². The molecule has 0 heterocycles. The molecule has 0 unspecified atom stereocenters. The molecule has 0 fully saturated rings. The molecular weight excluding hydrogens is 244 g/mol. The van der Waals surface area contributed by atoms with E-state index in [9.17, 15) is 8.78 Å². The summed E-state index contributed by atoms with van der Waals surface area (Å²) < 4.78 is 25.3. The van der Waals surface area contributed by atoms with Gasteiger partial charge in [-0.05, 0) is 38.8 Å². The molecule has 1 N–H and O–H groups in total. The number of halogens is 2. The van der Waals surface area contributed by atoms with Crippen molar-refractivity contribution in [3.05, 3.63) is 41.0 Å². The number of hydrogen-bond donors (Lipinski definition) is 1. The Bertz CT molecular complexity index is 431. The summed E-state index contributed by atoms with van der Waals surface area (Å²) in [6.45, 7) is 9.18. The van der Waals surface area contributed by atoms with Gasteiger partial charge in [0.25, 0.3) is 6.43 Å². The van der Waals surface area contributed by atoms with Crippen molar-refractivity contribution in [2.45, 2.75) is 46.1 Å². The minimum absolute atomic E-state index is 0.0546. The van der Waals surface area contributed by atoms with Crippen LogP contribution in [0.25, 0.3) is 6.08 Å². The first-order valence-electron chi connectivity index (χ1n) is 6.64. The predicted octanol–water partition coefficient (Wildman–Crippen LogP) is 4.81. The van der Waals surface area contributed by atoms with E-state index in [4.69, 9.17) is 0 Å². The van der Waals surface area contributed by atoms with Gasteiger partial charge in [-0.2, -0.15) is 0 Å². The fourth-order valence-corrected chi connectivity index (χ4v) is 1.68. The summed E-state index contributed by atoms with van der Waals surface area (Å²) in [5, 5.41) is 3.41. The molecule has 0 saturated heterocycles. The highest BCUT2D eigenvalue weighted by atomic mass is 19.3. The highest BCUT2D eigenvalue weighted by Gasteiger charge is 2.09. The lowest BCUT2D eigenvalue weighted by Crippen LogP contribution is -2.36. The first-order valence-corrected chi connectivity index (χ1v) is 6.64. The Labute approximate surface area is 114 Å². The molecule has 0 bridgehead atoms. The average molecular weight is 267 g/mol. The van der Waals surface area contributed by atoms with Crippen LogP contribution in [0, 0.1) is 0 Å². The maximum absolute atomic E-state index is 12.6. The van der Waals surface area contributed by atoms with Gasteiger partial charge in [0.1, 0.15) is 0 Å². The van der Waals surface area contributed by atoms with Crippen LogP contribution in [0.2, 0.25) is 0 Å². The molecule has 0 radical (unpaired) electrons. The van der Waals surface area contributed by atoms with Gasteiger partial charge in [-0.3, -0.25) is 0 Å². The third-order valence-electron chi connectivity index (χ3n) is 2.83. The van der Waals surface area contributed by atoms with Gasteiger partial charge < -0.3 is 5.32 Å². The summed E-state index contributed by atoms with van der Waals surface area (Å²) in [5.74, 6) is 0. The van der Waals surface area contributed by atoms with Crippen LogP contribution in [0.15, 0.2) is 29.8 Å². The molecule has 0 aliphatic heterocycles. The van der Waals surface area contributed by atoms with Crippen LogP contribution in [0.5, 0.6) is 0 Å². The van der Waals surface area contributed by atoms with Crippen molar-refractivity contribution in [2.75, 3.05) is 6.54 Å². The molecule has 0 atom stereocenters. The molecular formula is C16H23F2N. The first-order chi connectivity index (χ1) is 8.81. The molecule has 0 aliphatic carbocycles. The minimum atomic E-state index is -2.41. The molecule has 0 aromatic heterocycles. The van der Waals surface area contributed by atoms with Gasteiger partial charge in [-0.25, -0.2) is 8.78 Å². The number of rotatable bonds is 5. The average Bonchev–Trinajstić information content (AvgIpc) is 2.33. The Balaban J connectivity index is 2.82. The lowest BCUT2D eigenvalue weighted by molar-refractivity contribution is 0.151. The summed E-state index contributed by atoms with van der Waals surface area (Å²) in [5.41, 5.74) is 2.18. The second kappa shape index (κ2) is 6.80. The molecule has 3 heteroatoms. The Morgan fingerprint density at radius 3 is 2.53 bits per heavy atom.